The number of rotatable bonds is 4. The van der Waals surface area contributed by atoms with Crippen molar-refractivity contribution in [2.75, 3.05) is 11.9 Å². The van der Waals surface area contributed by atoms with Gasteiger partial charge in [-0.15, -0.1) is 0 Å². The molecule has 0 aliphatic carbocycles. The zero-order valence-corrected chi connectivity index (χ0v) is 19.6. The van der Waals surface area contributed by atoms with Crippen molar-refractivity contribution in [3.8, 4) is 22.6 Å². The van der Waals surface area contributed by atoms with Crippen molar-refractivity contribution in [1.82, 2.24) is 0 Å². The molecular formula is C29H23GeN. The van der Waals surface area contributed by atoms with E-state index in [4.69, 9.17) is 0 Å². The molecule has 0 saturated heterocycles. The van der Waals surface area contributed by atoms with Crippen LogP contribution < -0.4 is 18.1 Å². The Kier molecular flexibility index (Phi) is 6.58. The number of benzene rings is 4. The summed E-state index contributed by atoms with van der Waals surface area (Å²) in [5, 5.41) is 0. The molecule has 0 aliphatic heterocycles. The molecule has 1 nitrogen and oxygen atoms in total. The molecule has 0 spiro atoms. The summed E-state index contributed by atoms with van der Waals surface area (Å²) in [6.07, 6.45) is 0. The van der Waals surface area contributed by atoms with E-state index in [1.54, 1.807) is 0 Å². The van der Waals surface area contributed by atoms with E-state index in [0.717, 1.165) is 5.69 Å². The van der Waals surface area contributed by atoms with E-state index < -0.39 is 13.3 Å². The number of hydrogen-bond acceptors (Lipinski definition) is 1. The second kappa shape index (κ2) is 9.90. The van der Waals surface area contributed by atoms with Crippen LogP contribution in [0.3, 0.4) is 0 Å². The van der Waals surface area contributed by atoms with Gasteiger partial charge in [0.2, 0.25) is 0 Å². The minimum absolute atomic E-state index is 1.05. The summed E-state index contributed by atoms with van der Waals surface area (Å²) in [6.45, 7) is 0. The molecular weight excluding hydrogens is 435 g/mol. The van der Waals surface area contributed by atoms with E-state index in [2.05, 4.69) is 114 Å². The van der Waals surface area contributed by atoms with Crippen LogP contribution >= 0.6 is 0 Å². The predicted molar refractivity (Wildman–Crippen MR) is 134 cm³/mol. The first-order valence-electron chi connectivity index (χ1n) is 10.3. The van der Waals surface area contributed by atoms with Crippen molar-refractivity contribution < 1.29 is 0 Å². The molecule has 4 aromatic rings. The van der Waals surface area contributed by atoms with Crippen LogP contribution in [0.1, 0.15) is 0 Å². The Bertz CT molecular complexity index is 1130. The molecule has 0 N–H and O–H groups in total. The van der Waals surface area contributed by atoms with Gasteiger partial charge < -0.3 is 0 Å². The fourth-order valence-corrected chi connectivity index (χ4v) is 11.6. The summed E-state index contributed by atoms with van der Waals surface area (Å²) in [5.74, 6) is 6.36. The summed E-state index contributed by atoms with van der Waals surface area (Å²) in [7, 11) is 1.96. The van der Waals surface area contributed by atoms with E-state index in [1.165, 1.54) is 13.2 Å². The fourth-order valence-electron chi connectivity index (χ4n) is 3.73. The monoisotopic (exact) mass is 459 g/mol. The summed E-state index contributed by atoms with van der Waals surface area (Å²) in [5.41, 5.74) is 1.05. The molecule has 0 radical (unpaired) electrons. The second-order valence-corrected chi connectivity index (χ2v) is 14.5. The van der Waals surface area contributed by atoms with Gasteiger partial charge in [-0.05, 0) is 0 Å². The predicted octanol–water partition coefficient (Wildman–Crippen LogP) is 3.80. The summed E-state index contributed by atoms with van der Waals surface area (Å²) in [6, 6.07) is 45.5. The van der Waals surface area contributed by atoms with Gasteiger partial charge in [-0.2, -0.15) is 0 Å². The SMILES string of the molecule is CN(C#CC#[C][Ge]([c]1ccccc1)([c]1ccccc1)[c]1ccccc1)c1ccccc1. The van der Waals surface area contributed by atoms with E-state index in [0.29, 0.717) is 0 Å². The Balaban J connectivity index is 1.85. The molecule has 2 heteroatoms. The van der Waals surface area contributed by atoms with Gasteiger partial charge in [-0.3, -0.25) is 0 Å². The van der Waals surface area contributed by atoms with Gasteiger partial charge in [0.05, 0.1) is 0 Å². The molecule has 148 valence electrons. The Morgan fingerprint density at radius 1 is 0.516 bits per heavy atom. The van der Waals surface area contributed by atoms with Crippen LogP contribution in [0.2, 0.25) is 0 Å². The Morgan fingerprint density at radius 2 is 0.903 bits per heavy atom. The number of hydrogen-bond donors (Lipinski definition) is 0. The quantitative estimate of drug-likeness (QED) is 0.256. The summed E-state index contributed by atoms with van der Waals surface area (Å²) >= 11 is -3.24. The molecule has 0 aromatic heterocycles. The Hall–Kier alpha value is -3.66. The second-order valence-electron chi connectivity index (χ2n) is 7.23. The molecule has 0 unspecified atom stereocenters. The first kappa shape index (κ1) is 20.6. The molecule has 0 heterocycles. The summed E-state index contributed by atoms with van der Waals surface area (Å²) < 4.78 is 7.66. The summed E-state index contributed by atoms with van der Waals surface area (Å²) in [4.78, 5) is 1.91. The Morgan fingerprint density at radius 3 is 1.32 bits per heavy atom. The van der Waals surface area contributed by atoms with Crippen molar-refractivity contribution in [1.29, 1.82) is 0 Å². The molecule has 0 atom stereocenters. The van der Waals surface area contributed by atoms with Crippen LogP contribution in [0.15, 0.2) is 121 Å². The van der Waals surface area contributed by atoms with E-state index >= 15 is 0 Å². The normalized spacial score (nSPS) is 10.2. The average Bonchev–Trinajstić information content (AvgIpc) is 2.86. The number of anilines is 1. The van der Waals surface area contributed by atoms with Gasteiger partial charge in [0.1, 0.15) is 0 Å². The van der Waals surface area contributed by atoms with Crippen LogP contribution in [0, 0.1) is 22.6 Å². The third-order valence-corrected chi connectivity index (χ3v) is 13.9. The standard InChI is InChI=1S/C29H23GeN/c1-31(29-22-12-5-13-23-29)25-15-14-24-30(26-16-6-2-7-17-26,27-18-8-3-9-19-27)28-20-10-4-11-21-28/h2-13,16-23H,1H3. The topological polar surface area (TPSA) is 3.24 Å². The third kappa shape index (κ3) is 4.59. The van der Waals surface area contributed by atoms with Gasteiger partial charge in [0.25, 0.3) is 0 Å². The van der Waals surface area contributed by atoms with Crippen molar-refractivity contribution >= 4 is 32.1 Å². The zero-order valence-electron chi connectivity index (χ0n) is 17.5. The average molecular weight is 458 g/mol. The molecule has 0 saturated carbocycles. The van der Waals surface area contributed by atoms with Crippen molar-refractivity contribution in [3.63, 3.8) is 0 Å². The Labute approximate surface area is 187 Å². The number of para-hydroxylation sites is 1. The van der Waals surface area contributed by atoms with Crippen LogP contribution in [0.5, 0.6) is 0 Å². The molecule has 0 amide bonds. The van der Waals surface area contributed by atoms with Gasteiger partial charge in [-0.25, -0.2) is 0 Å². The van der Waals surface area contributed by atoms with Crippen LogP contribution in [-0.2, 0) is 0 Å². The molecule has 4 rings (SSSR count). The van der Waals surface area contributed by atoms with Crippen molar-refractivity contribution in [2.24, 2.45) is 0 Å². The zero-order chi connectivity index (χ0) is 21.4. The van der Waals surface area contributed by atoms with Gasteiger partial charge in [0, 0.05) is 0 Å². The van der Waals surface area contributed by atoms with Gasteiger partial charge >= 0.3 is 188 Å². The van der Waals surface area contributed by atoms with Crippen LogP contribution in [0.25, 0.3) is 0 Å². The van der Waals surface area contributed by atoms with Crippen molar-refractivity contribution in [3.05, 3.63) is 121 Å². The fraction of sp³-hybridized carbons (Fsp3) is 0.0345. The first-order chi connectivity index (χ1) is 15.3. The third-order valence-electron chi connectivity index (χ3n) is 5.30. The molecule has 0 fully saturated rings. The minimum atomic E-state index is -3.24. The van der Waals surface area contributed by atoms with E-state index in [9.17, 15) is 0 Å². The van der Waals surface area contributed by atoms with Gasteiger partial charge in [0.15, 0.2) is 0 Å². The maximum absolute atomic E-state index is 3.73. The first-order valence-corrected chi connectivity index (χ1v) is 14.5. The molecule has 0 bridgehead atoms. The number of nitrogens with zero attached hydrogens (tertiary/aromatic N) is 1. The van der Waals surface area contributed by atoms with E-state index in [1.807, 2.05) is 42.3 Å². The molecule has 0 aliphatic rings. The van der Waals surface area contributed by atoms with Crippen LogP contribution in [0.4, 0.5) is 5.69 Å². The van der Waals surface area contributed by atoms with Crippen molar-refractivity contribution in [2.45, 2.75) is 0 Å². The molecule has 31 heavy (non-hydrogen) atoms. The molecule has 4 aromatic carbocycles. The van der Waals surface area contributed by atoms with Crippen LogP contribution in [-0.4, -0.2) is 20.3 Å². The maximum atomic E-state index is 3.73. The van der Waals surface area contributed by atoms with Gasteiger partial charge in [-0.1, -0.05) is 0 Å². The van der Waals surface area contributed by atoms with E-state index in [-0.39, 0.29) is 0 Å².